The van der Waals surface area contributed by atoms with Gasteiger partial charge in [-0.15, -0.1) is 0 Å². The van der Waals surface area contributed by atoms with Crippen molar-refractivity contribution >= 4 is 17.8 Å². The largest absolute Gasteiger partial charge is 0.462 e. The van der Waals surface area contributed by atoms with E-state index in [1.807, 2.05) is 31.2 Å². The fourth-order valence-electron chi connectivity index (χ4n) is 5.75. The number of nitrogens with zero attached hydrogens (tertiary/aromatic N) is 2. The van der Waals surface area contributed by atoms with Gasteiger partial charge in [0.25, 0.3) is 0 Å². The smallest absolute Gasteiger partial charge is 0.313 e. The summed E-state index contributed by atoms with van der Waals surface area (Å²) in [4.78, 5) is 44.2. The van der Waals surface area contributed by atoms with Crippen molar-refractivity contribution < 1.29 is 29.0 Å². The maximum atomic E-state index is 13.9. The summed E-state index contributed by atoms with van der Waals surface area (Å²) in [5, 5.41) is 9.92. The molecule has 0 radical (unpaired) electrons. The molecular formula is C25H36N2O6. The van der Waals surface area contributed by atoms with E-state index >= 15 is 0 Å². The van der Waals surface area contributed by atoms with Crippen LogP contribution in [0.3, 0.4) is 0 Å². The van der Waals surface area contributed by atoms with Gasteiger partial charge >= 0.3 is 5.97 Å². The quantitative estimate of drug-likeness (QED) is 0.369. The van der Waals surface area contributed by atoms with E-state index in [-0.39, 0.29) is 24.5 Å². The van der Waals surface area contributed by atoms with Crippen LogP contribution in [0.1, 0.15) is 52.9 Å². The number of esters is 1. The predicted molar refractivity (Wildman–Crippen MR) is 121 cm³/mol. The van der Waals surface area contributed by atoms with Gasteiger partial charge in [-0.2, -0.15) is 0 Å². The van der Waals surface area contributed by atoms with E-state index in [0.29, 0.717) is 19.5 Å². The second kappa shape index (κ2) is 9.58. The van der Waals surface area contributed by atoms with E-state index < -0.39 is 41.6 Å². The zero-order valence-electron chi connectivity index (χ0n) is 19.8. The number of aliphatic hydroxyl groups is 1. The van der Waals surface area contributed by atoms with Gasteiger partial charge in [0.05, 0.1) is 30.8 Å². The van der Waals surface area contributed by atoms with Crippen LogP contribution in [0.2, 0.25) is 0 Å². The molecule has 0 aromatic heterocycles. The third kappa shape index (κ3) is 4.01. The Labute approximate surface area is 195 Å². The van der Waals surface area contributed by atoms with E-state index in [1.54, 1.807) is 11.8 Å². The molecule has 182 valence electrons. The highest BCUT2D eigenvalue weighted by molar-refractivity contribution is 5.99. The molecule has 2 fully saturated rings. The molecule has 2 amide bonds. The number of aliphatic hydroxyl groups excluding tert-OH is 1. The van der Waals surface area contributed by atoms with E-state index in [1.165, 1.54) is 4.90 Å². The molecule has 4 heterocycles. The van der Waals surface area contributed by atoms with Gasteiger partial charge in [-0.05, 0) is 33.1 Å². The zero-order valence-corrected chi connectivity index (χ0v) is 19.8. The van der Waals surface area contributed by atoms with Gasteiger partial charge in [0, 0.05) is 13.1 Å². The number of hydrogen-bond acceptors (Lipinski definition) is 6. The number of likely N-dealkylation sites (tertiary alicyclic amines) is 1. The predicted octanol–water partition coefficient (Wildman–Crippen LogP) is 1.82. The van der Waals surface area contributed by atoms with Crippen LogP contribution in [0.15, 0.2) is 24.3 Å². The van der Waals surface area contributed by atoms with Crippen molar-refractivity contribution in [2.45, 2.75) is 82.8 Å². The fourth-order valence-corrected chi connectivity index (χ4v) is 5.75. The number of hydrogen-bond donors (Lipinski definition) is 1. The lowest BCUT2D eigenvalue weighted by Crippen LogP contribution is -2.57. The number of fused-ring (bicyclic) bond motifs is 2. The van der Waals surface area contributed by atoms with Crippen molar-refractivity contribution in [3.8, 4) is 0 Å². The molecule has 33 heavy (non-hydrogen) atoms. The van der Waals surface area contributed by atoms with E-state index in [4.69, 9.17) is 9.47 Å². The maximum Gasteiger partial charge on any atom is 0.313 e. The Morgan fingerprint density at radius 2 is 2.00 bits per heavy atom. The molecule has 4 rings (SSSR count). The van der Waals surface area contributed by atoms with E-state index in [9.17, 15) is 19.5 Å². The zero-order chi connectivity index (χ0) is 23.8. The Bertz CT molecular complexity index is 841. The average Bonchev–Trinajstić information content (AvgIpc) is 3.20. The Morgan fingerprint density at radius 1 is 1.21 bits per heavy atom. The van der Waals surface area contributed by atoms with Gasteiger partial charge in [0.1, 0.15) is 17.6 Å². The van der Waals surface area contributed by atoms with Crippen molar-refractivity contribution in [1.82, 2.24) is 9.80 Å². The van der Waals surface area contributed by atoms with Crippen LogP contribution in [0, 0.1) is 11.8 Å². The van der Waals surface area contributed by atoms with Gasteiger partial charge in [0.15, 0.2) is 0 Å². The lowest BCUT2D eigenvalue weighted by Gasteiger charge is -2.37. The molecule has 0 aromatic rings. The number of rotatable bonds is 6. The first-order chi connectivity index (χ1) is 15.9. The van der Waals surface area contributed by atoms with Gasteiger partial charge in [-0.25, -0.2) is 0 Å². The Kier molecular flexibility index (Phi) is 6.96. The highest BCUT2D eigenvalue weighted by Gasteiger charge is 2.72. The SMILES string of the molecule is CCCCCN1CC=CC23O[C@@H]4/C=C\CCC(C)OC(=O)C4[C@H]2C(=O)N(C(C)CO)[C@@H]3C1=O. The Hall–Kier alpha value is -2.19. The first-order valence-corrected chi connectivity index (χ1v) is 12.3. The summed E-state index contributed by atoms with van der Waals surface area (Å²) in [6.45, 7) is 6.42. The molecule has 0 aromatic carbocycles. The molecule has 2 saturated heterocycles. The van der Waals surface area contributed by atoms with Crippen molar-refractivity contribution in [3.63, 3.8) is 0 Å². The Morgan fingerprint density at radius 3 is 2.73 bits per heavy atom. The van der Waals surface area contributed by atoms with Crippen LogP contribution in [0.4, 0.5) is 0 Å². The number of carbonyl (C=O) groups is 3. The molecule has 0 aliphatic carbocycles. The lowest BCUT2D eigenvalue weighted by atomic mass is 9.78. The summed E-state index contributed by atoms with van der Waals surface area (Å²) in [6.07, 6.45) is 11.0. The van der Waals surface area contributed by atoms with E-state index in [0.717, 1.165) is 25.7 Å². The number of allylic oxidation sites excluding steroid dienone is 1. The molecule has 8 nitrogen and oxygen atoms in total. The summed E-state index contributed by atoms with van der Waals surface area (Å²) in [7, 11) is 0. The third-order valence-electron chi connectivity index (χ3n) is 7.44. The van der Waals surface area contributed by atoms with Crippen LogP contribution in [0.5, 0.6) is 0 Å². The highest BCUT2D eigenvalue weighted by Crippen LogP contribution is 2.53. The average molecular weight is 461 g/mol. The van der Waals surface area contributed by atoms with Crippen LogP contribution in [-0.2, 0) is 23.9 Å². The van der Waals surface area contributed by atoms with Crippen molar-refractivity contribution in [2.75, 3.05) is 19.7 Å². The first-order valence-electron chi connectivity index (χ1n) is 12.3. The number of amides is 2. The minimum atomic E-state index is -1.27. The second-order valence-corrected chi connectivity index (χ2v) is 9.77. The van der Waals surface area contributed by atoms with Crippen molar-refractivity contribution in [1.29, 1.82) is 0 Å². The van der Waals surface area contributed by atoms with Crippen LogP contribution >= 0.6 is 0 Å². The molecule has 4 aliphatic heterocycles. The second-order valence-electron chi connectivity index (χ2n) is 9.77. The highest BCUT2D eigenvalue weighted by atomic mass is 16.6. The van der Waals surface area contributed by atoms with Crippen LogP contribution in [-0.4, -0.2) is 82.3 Å². The molecule has 0 bridgehead atoms. The minimum absolute atomic E-state index is 0.190. The Balaban J connectivity index is 1.77. The number of ether oxygens (including phenoxy) is 2. The maximum absolute atomic E-state index is 13.9. The number of unbranched alkanes of at least 4 members (excludes halogenated alkanes) is 2. The molecule has 4 aliphatic rings. The summed E-state index contributed by atoms with van der Waals surface area (Å²) >= 11 is 0. The summed E-state index contributed by atoms with van der Waals surface area (Å²) in [5.41, 5.74) is -1.27. The van der Waals surface area contributed by atoms with Crippen molar-refractivity contribution in [2.24, 2.45) is 11.8 Å². The summed E-state index contributed by atoms with van der Waals surface area (Å²) < 4.78 is 12.2. The first kappa shape index (κ1) is 24.0. The molecule has 1 spiro atoms. The van der Waals surface area contributed by atoms with E-state index in [2.05, 4.69) is 6.92 Å². The van der Waals surface area contributed by atoms with Crippen molar-refractivity contribution in [3.05, 3.63) is 24.3 Å². The van der Waals surface area contributed by atoms with Gasteiger partial charge in [-0.1, -0.05) is 44.1 Å². The standard InChI is InChI=1S/C25H36N2O6/c1-4-5-8-13-26-14-9-12-25-20(22(29)27(16(2)15-28)21(25)23(26)30)19-18(33-25)11-7-6-10-17(3)32-24(19)31/h7,9,11-12,16-21,28H,4-6,8,10,13-15H2,1-3H3/b11-7-/t16?,17?,18-,19?,20+,21-,25?/m1/s1. The van der Waals surface area contributed by atoms with Gasteiger partial charge in [0.2, 0.25) is 11.8 Å². The molecule has 7 atom stereocenters. The molecule has 1 N–H and O–H groups in total. The topological polar surface area (TPSA) is 96.4 Å². The molecule has 0 saturated carbocycles. The monoisotopic (exact) mass is 460 g/mol. The molecule has 8 heteroatoms. The van der Waals surface area contributed by atoms with Crippen LogP contribution in [0.25, 0.3) is 0 Å². The number of cyclic esters (lactones) is 1. The van der Waals surface area contributed by atoms with Gasteiger partial charge in [-0.3, -0.25) is 14.4 Å². The lowest BCUT2D eigenvalue weighted by molar-refractivity contribution is -0.159. The fraction of sp³-hybridized carbons (Fsp3) is 0.720. The van der Waals surface area contributed by atoms with Gasteiger partial charge < -0.3 is 24.4 Å². The number of carbonyl (C=O) groups excluding carboxylic acids is 3. The summed E-state index contributed by atoms with van der Waals surface area (Å²) in [5.74, 6) is -2.70. The van der Waals surface area contributed by atoms with Crippen LogP contribution < -0.4 is 0 Å². The minimum Gasteiger partial charge on any atom is -0.462 e. The third-order valence-corrected chi connectivity index (χ3v) is 7.44. The normalized spacial score (nSPS) is 37.9. The summed E-state index contributed by atoms with van der Waals surface area (Å²) in [6, 6.07) is -1.51. The molecular weight excluding hydrogens is 424 g/mol. The molecule has 4 unspecified atom stereocenters.